The Morgan fingerprint density at radius 2 is 1.91 bits per heavy atom. The highest BCUT2D eigenvalue weighted by Gasteiger charge is 2.12. The van der Waals surface area contributed by atoms with E-state index in [2.05, 4.69) is 26.2 Å². The zero-order valence-electron chi connectivity index (χ0n) is 7.72. The molecule has 0 radical (unpaired) electrons. The molecular weight excluding hydrogens is 156 g/mol. The van der Waals surface area contributed by atoms with Gasteiger partial charge in [0.2, 0.25) is 0 Å². The first-order valence-electron chi connectivity index (χ1n) is 3.93. The van der Waals surface area contributed by atoms with Gasteiger partial charge in [0.15, 0.2) is 8.32 Å². The topological polar surface area (TPSA) is 18.5 Å². The summed E-state index contributed by atoms with van der Waals surface area (Å²) in [4.78, 5) is 0. The van der Waals surface area contributed by atoms with E-state index in [1.165, 1.54) is 6.26 Å². The van der Waals surface area contributed by atoms with Crippen molar-refractivity contribution in [2.45, 2.75) is 26.1 Å². The fraction of sp³-hybridized carbons (Fsp3) is 0.750. The van der Waals surface area contributed by atoms with Crippen LogP contribution in [0.2, 0.25) is 19.6 Å². The molecule has 0 amide bonds. The highest BCUT2D eigenvalue weighted by atomic mass is 28.4. The predicted molar refractivity (Wildman–Crippen MR) is 50.1 cm³/mol. The summed E-state index contributed by atoms with van der Waals surface area (Å²) >= 11 is 0. The molecule has 0 rings (SSSR count). The summed E-state index contributed by atoms with van der Waals surface area (Å²) in [7, 11) is -1.30. The van der Waals surface area contributed by atoms with Crippen molar-refractivity contribution in [1.82, 2.24) is 0 Å². The maximum Gasteiger partial charge on any atom is 0.183 e. The second kappa shape index (κ2) is 5.38. The summed E-state index contributed by atoms with van der Waals surface area (Å²) < 4.78 is 10.5. The first-order valence-corrected chi connectivity index (χ1v) is 7.33. The van der Waals surface area contributed by atoms with E-state index in [0.29, 0.717) is 6.61 Å². The highest BCUT2D eigenvalue weighted by molar-refractivity contribution is 6.69. The van der Waals surface area contributed by atoms with Crippen molar-refractivity contribution < 1.29 is 9.16 Å². The van der Waals surface area contributed by atoms with Gasteiger partial charge in [0.1, 0.15) is 0 Å². The van der Waals surface area contributed by atoms with Crippen LogP contribution in [-0.4, -0.2) is 21.5 Å². The minimum Gasteiger partial charge on any atom is -0.502 e. The second-order valence-electron chi connectivity index (χ2n) is 3.35. The van der Waals surface area contributed by atoms with Gasteiger partial charge in [0, 0.05) is 13.0 Å². The van der Waals surface area contributed by atoms with Crippen molar-refractivity contribution in [2.75, 3.05) is 13.2 Å². The summed E-state index contributed by atoms with van der Waals surface area (Å²) in [5.74, 6) is 0. The Kier molecular flexibility index (Phi) is 5.24. The minimum atomic E-state index is -1.30. The summed E-state index contributed by atoms with van der Waals surface area (Å²) in [6.07, 6.45) is 2.42. The maximum atomic E-state index is 5.60. The number of hydrogen-bond acceptors (Lipinski definition) is 2. The van der Waals surface area contributed by atoms with E-state index >= 15 is 0 Å². The molecule has 0 aromatic heterocycles. The van der Waals surface area contributed by atoms with Crippen LogP contribution in [0, 0.1) is 0 Å². The van der Waals surface area contributed by atoms with E-state index in [4.69, 9.17) is 9.16 Å². The lowest BCUT2D eigenvalue weighted by atomic mass is 10.5. The number of rotatable bonds is 6. The van der Waals surface area contributed by atoms with E-state index in [0.717, 1.165) is 13.0 Å². The van der Waals surface area contributed by atoms with Crippen LogP contribution < -0.4 is 0 Å². The predicted octanol–water partition coefficient (Wildman–Crippen LogP) is 2.39. The monoisotopic (exact) mass is 174 g/mol. The van der Waals surface area contributed by atoms with Crippen LogP contribution in [0.4, 0.5) is 0 Å². The molecule has 11 heavy (non-hydrogen) atoms. The first kappa shape index (κ1) is 10.7. The third-order valence-electron chi connectivity index (χ3n) is 1.06. The summed E-state index contributed by atoms with van der Waals surface area (Å²) in [5, 5.41) is 0. The summed E-state index contributed by atoms with van der Waals surface area (Å²) in [5.41, 5.74) is 0. The largest absolute Gasteiger partial charge is 0.502 e. The van der Waals surface area contributed by atoms with Gasteiger partial charge in [-0.1, -0.05) is 6.58 Å². The number of ether oxygens (including phenoxy) is 1. The summed E-state index contributed by atoms with van der Waals surface area (Å²) in [6.45, 7) is 11.5. The zero-order chi connectivity index (χ0) is 8.74. The third kappa shape index (κ3) is 9.72. The van der Waals surface area contributed by atoms with Crippen molar-refractivity contribution >= 4 is 8.32 Å². The molecule has 0 fully saturated rings. The van der Waals surface area contributed by atoms with Crippen LogP contribution in [0.25, 0.3) is 0 Å². The minimum absolute atomic E-state index is 0.716. The smallest absolute Gasteiger partial charge is 0.183 e. The Morgan fingerprint density at radius 1 is 1.27 bits per heavy atom. The van der Waals surface area contributed by atoms with Gasteiger partial charge in [-0.25, -0.2) is 0 Å². The van der Waals surface area contributed by atoms with E-state index in [1.54, 1.807) is 0 Å². The highest BCUT2D eigenvalue weighted by Crippen LogP contribution is 2.02. The van der Waals surface area contributed by atoms with Crippen LogP contribution >= 0.6 is 0 Å². The quantitative estimate of drug-likeness (QED) is 0.350. The van der Waals surface area contributed by atoms with Gasteiger partial charge >= 0.3 is 0 Å². The van der Waals surface area contributed by atoms with Crippen molar-refractivity contribution in [3.8, 4) is 0 Å². The lowest BCUT2D eigenvalue weighted by molar-refractivity contribution is 0.207. The Hall–Kier alpha value is -0.283. The third-order valence-corrected chi connectivity index (χ3v) is 2.13. The van der Waals surface area contributed by atoms with E-state index in [9.17, 15) is 0 Å². The second-order valence-corrected chi connectivity index (χ2v) is 7.87. The molecule has 0 aromatic rings. The normalized spacial score (nSPS) is 11.2. The maximum absolute atomic E-state index is 5.60. The fourth-order valence-corrected chi connectivity index (χ4v) is 1.36. The van der Waals surface area contributed by atoms with Crippen LogP contribution in [0.1, 0.15) is 6.42 Å². The van der Waals surface area contributed by atoms with E-state index in [-0.39, 0.29) is 0 Å². The van der Waals surface area contributed by atoms with Gasteiger partial charge in [-0.2, -0.15) is 0 Å². The molecule has 0 N–H and O–H groups in total. The van der Waals surface area contributed by atoms with Gasteiger partial charge in [-0.3, -0.25) is 0 Å². The fourth-order valence-electron chi connectivity index (χ4n) is 0.604. The molecule has 2 nitrogen and oxygen atoms in total. The van der Waals surface area contributed by atoms with Gasteiger partial charge in [0.25, 0.3) is 0 Å². The van der Waals surface area contributed by atoms with Gasteiger partial charge < -0.3 is 9.16 Å². The summed E-state index contributed by atoms with van der Waals surface area (Å²) in [6, 6.07) is 0. The molecule has 66 valence electrons. The Labute approximate surface area is 70.3 Å². The standard InChI is InChI=1S/C8H18O2Si/c1-5-9-7-6-8-10-11(2,3)4/h5H,1,6-8H2,2-4H3. The molecule has 0 aliphatic heterocycles. The van der Waals surface area contributed by atoms with Crippen molar-refractivity contribution in [2.24, 2.45) is 0 Å². The molecule has 0 bridgehead atoms. The molecule has 0 aromatic carbocycles. The molecule has 0 unspecified atom stereocenters. The van der Waals surface area contributed by atoms with Gasteiger partial charge in [-0.05, 0) is 19.6 Å². The molecule has 0 atom stereocenters. The first-order chi connectivity index (χ1) is 5.06. The molecule has 0 saturated heterocycles. The van der Waals surface area contributed by atoms with E-state index in [1.807, 2.05) is 0 Å². The van der Waals surface area contributed by atoms with E-state index < -0.39 is 8.32 Å². The Bertz CT molecular complexity index is 107. The van der Waals surface area contributed by atoms with Gasteiger partial charge in [-0.15, -0.1) is 0 Å². The number of hydrogen-bond donors (Lipinski definition) is 0. The van der Waals surface area contributed by atoms with Crippen LogP contribution in [0.5, 0.6) is 0 Å². The zero-order valence-corrected chi connectivity index (χ0v) is 8.72. The molecule has 0 saturated carbocycles. The Morgan fingerprint density at radius 3 is 2.36 bits per heavy atom. The average Bonchev–Trinajstić information content (AvgIpc) is 1.85. The van der Waals surface area contributed by atoms with Crippen LogP contribution in [0.15, 0.2) is 12.8 Å². The lowest BCUT2D eigenvalue weighted by Gasteiger charge is -2.16. The van der Waals surface area contributed by atoms with Crippen LogP contribution in [0.3, 0.4) is 0 Å². The molecule has 0 aliphatic rings. The SMILES string of the molecule is C=COCCCO[Si](C)(C)C. The van der Waals surface area contributed by atoms with Crippen molar-refractivity contribution in [3.63, 3.8) is 0 Å². The molecule has 0 aliphatic carbocycles. The van der Waals surface area contributed by atoms with Crippen molar-refractivity contribution in [3.05, 3.63) is 12.8 Å². The van der Waals surface area contributed by atoms with Crippen molar-refractivity contribution in [1.29, 1.82) is 0 Å². The Balaban J connectivity index is 3.08. The average molecular weight is 174 g/mol. The molecule has 0 heterocycles. The molecule has 0 spiro atoms. The lowest BCUT2D eigenvalue weighted by Crippen LogP contribution is -2.26. The molecular formula is C8H18O2Si. The van der Waals surface area contributed by atoms with Crippen LogP contribution in [-0.2, 0) is 9.16 Å². The van der Waals surface area contributed by atoms with Gasteiger partial charge in [0.05, 0.1) is 12.9 Å². The molecule has 3 heteroatoms.